The first-order chi connectivity index (χ1) is 17.3. The SMILES string of the molecule is CC(C)(C)c1cc(-n2c3cccc4c5ccccc5c5c(C(C)(C)C)ccc2c5c43)cc(C(C)(C)C)c1. The quantitative estimate of drug-likeness (QED) is 0.204. The second-order valence-corrected chi connectivity index (χ2v) is 14.0. The summed E-state index contributed by atoms with van der Waals surface area (Å²) in [6, 6.07) is 27.9. The Balaban J connectivity index is 1.86. The Morgan fingerprint density at radius 2 is 1.00 bits per heavy atom. The van der Waals surface area contributed by atoms with Gasteiger partial charge in [0.25, 0.3) is 0 Å². The van der Waals surface area contributed by atoms with Crippen LogP contribution in [0.15, 0.2) is 72.8 Å². The van der Waals surface area contributed by atoms with E-state index in [0.717, 1.165) is 0 Å². The van der Waals surface area contributed by atoms with Gasteiger partial charge >= 0.3 is 0 Å². The number of benzene rings is 5. The maximum Gasteiger partial charge on any atom is 0.0547 e. The summed E-state index contributed by atoms with van der Waals surface area (Å²) >= 11 is 0. The van der Waals surface area contributed by atoms with E-state index in [-0.39, 0.29) is 16.2 Å². The highest BCUT2D eigenvalue weighted by molar-refractivity contribution is 6.35. The van der Waals surface area contributed by atoms with Gasteiger partial charge in [-0.15, -0.1) is 0 Å². The van der Waals surface area contributed by atoms with Crippen molar-refractivity contribution < 1.29 is 0 Å². The van der Waals surface area contributed by atoms with Gasteiger partial charge in [0.1, 0.15) is 0 Å². The molecule has 6 aromatic rings. The summed E-state index contributed by atoms with van der Waals surface area (Å²) in [6.07, 6.45) is 0. The van der Waals surface area contributed by atoms with Crippen LogP contribution in [-0.2, 0) is 16.2 Å². The van der Waals surface area contributed by atoms with Gasteiger partial charge in [-0.2, -0.15) is 0 Å². The molecule has 1 heterocycles. The molecule has 0 bridgehead atoms. The Hall–Kier alpha value is -3.32. The van der Waals surface area contributed by atoms with Crippen LogP contribution < -0.4 is 0 Å². The first-order valence-electron chi connectivity index (χ1n) is 13.6. The summed E-state index contributed by atoms with van der Waals surface area (Å²) in [6.45, 7) is 20.9. The van der Waals surface area contributed by atoms with Gasteiger partial charge in [-0.3, -0.25) is 0 Å². The van der Waals surface area contributed by atoms with Crippen LogP contribution in [0.1, 0.15) is 79.0 Å². The number of hydrogen-bond donors (Lipinski definition) is 0. The Morgan fingerprint density at radius 1 is 0.459 bits per heavy atom. The average Bonchev–Trinajstić information content (AvgIpc) is 3.16. The van der Waals surface area contributed by atoms with Crippen LogP contribution in [0.3, 0.4) is 0 Å². The predicted octanol–water partition coefficient (Wildman–Crippen LogP) is 10.4. The highest BCUT2D eigenvalue weighted by Gasteiger charge is 2.27. The Labute approximate surface area is 221 Å². The standard InChI is InChI=1S/C36H39N/c1-34(2,3)22-19-23(35(4,5)6)21-24(20-22)37-29-16-12-15-27-25-13-10-11-14-26(25)31-28(36(7,8)9)17-18-30(37)33(31)32(27)29/h10-21H,1-9H3. The molecule has 1 nitrogen and oxygen atoms in total. The van der Waals surface area contributed by atoms with E-state index < -0.39 is 0 Å². The van der Waals surface area contributed by atoms with Gasteiger partial charge in [-0.1, -0.05) is 111 Å². The van der Waals surface area contributed by atoms with Gasteiger partial charge < -0.3 is 4.57 Å². The molecule has 0 aliphatic carbocycles. The summed E-state index contributed by atoms with van der Waals surface area (Å²) in [4.78, 5) is 0. The first kappa shape index (κ1) is 24.0. The summed E-state index contributed by atoms with van der Waals surface area (Å²) in [7, 11) is 0. The second kappa shape index (κ2) is 7.60. The van der Waals surface area contributed by atoms with E-state index in [1.54, 1.807) is 0 Å². The lowest BCUT2D eigenvalue weighted by atomic mass is 9.80. The molecule has 0 amide bonds. The van der Waals surface area contributed by atoms with E-state index in [2.05, 4.69) is 140 Å². The average molecular weight is 486 g/mol. The topological polar surface area (TPSA) is 4.93 Å². The zero-order valence-electron chi connectivity index (χ0n) is 23.9. The van der Waals surface area contributed by atoms with Crippen LogP contribution in [0.5, 0.6) is 0 Å². The molecule has 0 aliphatic rings. The highest BCUT2D eigenvalue weighted by atomic mass is 15.0. The number of hydrogen-bond acceptors (Lipinski definition) is 0. The summed E-state index contributed by atoms with van der Waals surface area (Å²) in [5.41, 5.74) is 8.20. The molecular weight excluding hydrogens is 446 g/mol. The van der Waals surface area contributed by atoms with Crippen molar-refractivity contribution in [1.82, 2.24) is 4.57 Å². The van der Waals surface area contributed by atoms with Gasteiger partial charge in [0.2, 0.25) is 0 Å². The maximum atomic E-state index is 2.53. The normalized spacial score (nSPS) is 13.5. The number of nitrogens with zero attached hydrogens (tertiary/aromatic N) is 1. The van der Waals surface area contributed by atoms with Crippen molar-refractivity contribution in [2.45, 2.75) is 78.6 Å². The van der Waals surface area contributed by atoms with Crippen molar-refractivity contribution in [3.63, 3.8) is 0 Å². The fraction of sp³-hybridized carbons (Fsp3) is 0.333. The van der Waals surface area contributed by atoms with E-state index in [4.69, 9.17) is 0 Å². The lowest BCUT2D eigenvalue weighted by molar-refractivity contribution is 0.568. The maximum absolute atomic E-state index is 2.53. The van der Waals surface area contributed by atoms with Gasteiger partial charge in [-0.05, 0) is 78.7 Å². The summed E-state index contributed by atoms with van der Waals surface area (Å²) in [5.74, 6) is 0. The molecule has 1 heteroatoms. The van der Waals surface area contributed by atoms with Crippen LogP contribution in [-0.4, -0.2) is 4.57 Å². The van der Waals surface area contributed by atoms with E-state index in [9.17, 15) is 0 Å². The smallest absolute Gasteiger partial charge is 0.0547 e. The molecule has 1 aromatic heterocycles. The predicted molar refractivity (Wildman–Crippen MR) is 163 cm³/mol. The van der Waals surface area contributed by atoms with E-state index >= 15 is 0 Å². The molecule has 0 radical (unpaired) electrons. The molecule has 188 valence electrons. The molecule has 5 aromatic carbocycles. The van der Waals surface area contributed by atoms with Crippen LogP contribution in [0.25, 0.3) is 49.0 Å². The molecule has 0 atom stereocenters. The number of fused-ring (bicyclic) bond motifs is 3. The van der Waals surface area contributed by atoms with Crippen LogP contribution in [0.2, 0.25) is 0 Å². The molecule has 0 saturated carbocycles. The second-order valence-electron chi connectivity index (χ2n) is 14.0. The minimum atomic E-state index is 0.0445. The molecule has 0 saturated heterocycles. The number of aromatic nitrogens is 1. The largest absolute Gasteiger partial charge is 0.309 e. The van der Waals surface area contributed by atoms with Crippen LogP contribution >= 0.6 is 0 Å². The van der Waals surface area contributed by atoms with Gasteiger partial charge in [-0.25, -0.2) is 0 Å². The van der Waals surface area contributed by atoms with Crippen molar-refractivity contribution >= 4 is 43.4 Å². The number of rotatable bonds is 1. The highest BCUT2D eigenvalue weighted by Crippen LogP contribution is 2.47. The third-order valence-corrected chi connectivity index (χ3v) is 8.16. The van der Waals surface area contributed by atoms with Crippen molar-refractivity contribution in [3.8, 4) is 5.69 Å². The monoisotopic (exact) mass is 485 g/mol. The third-order valence-electron chi connectivity index (χ3n) is 8.16. The molecule has 0 spiro atoms. The minimum Gasteiger partial charge on any atom is -0.309 e. The molecular formula is C36H39N. The molecule has 0 unspecified atom stereocenters. The van der Waals surface area contributed by atoms with Crippen molar-refractivity contribution in [2.24, 2.45) is 0 Å². The lowest BCUT2D eigenvalue weighted by Gasteiger charge is -2.27. The molecule has 0 fully saturated rings. The fourth-order valence-corrected chi connectivity index (χ4v) is 6.10. The van der Waals surface area contributed by atoms with Gasteiger partial charge in [0, 0.05) is 16.5 Å². The zero-order chi connectivity index (χ0) is 26.5. The van der Waals surface area contributed by atoms with E-state index in [0.29, 0.717) is 0 Å². The van der Waals surface area contributed by atoms with Crippen molar-refractivity contribution in [2.75, 3.05) is 0 Å². The molecule has 0 N–H and O–H groups in total. The minimum absolute atomic E-state index is 0.0445. The zero-order valence-corrected chi connectivity index (χ0v) is 23.9. The molecule has 37 heavy (non-hydrogen) atoms. The van der Waals surface area contributed by atoms with Crippen LogP contribution in [0.4, 0.5) is 0 Å². The Kier molecular flexibility index (Phi) is 4.94. The van der Waals surface area contributed by atoms with Crippen molar-refractivity contribution in [1.29, 1.82) is 0 Å². The Bertz CT molecular complexity index is 1770. The van der Waals surface area contributed by atoms with Crippen molar-refractivity contribution in [3.05, 3.63) is 89.5 Å². The fourth-order valence-electron chi connectivity index (χ4n) is 6.10. The van der Waals surface area contributed by atoms with Gasteiger partial charge in [0.15, 0.2) is 0 Å². The Morgan fingerprint density at radius 3 is 1.59 bits per heavy atom. The summed E-state index contributed by atoms with van der Waals surface area (Å²) in [5, 5.41) is 8.24. The summed E-state index contributed by atoms with van der Waals surface area (Å²) < 4.78 is 2.53. The first-order valence-corrected chi connectivity index (χ1v) is 13.6. The van der Waals surface area contributed by atoms with E-state index in [1.165, 1.54) is 65.7 Å². The van der Waals surface area contributed by atoms with E-state index in [1.807, 2.05) is 0 Å². The molecule has 0 aliphatic heterocycles. The van der Waals surface area contributed by atoms with Gasteiger partial charge in [0.05, 0.1) is 11.0 Å². The lowest BCUT2D eigenvalue weighted by Crippen LogP contribution is -2.17. The molecule has 6 rings (SSSR count). The third kappa shape index (κ3) is 3.58. The van der Waals surface area contributed by atoms with Crippen LogP contribution in [0, 0.1) is 0 Å².